The van der Waals surface area contributed by atoms with Crippen LogP contribution in [0.25, 0.3) is 10.1 Å². The predicted octanol–water partition coefficient (Wildman–Crippen LogP) is 9.47. The monoisotopic (exact) mass is 637 g/mol. The lowest BCUT2D eigenvalue weighted by Gasteiger charge is -2.44. The molecule has 0 spiro atoms. The number of nitrogens with zero attached hydrogens (tertiary/aromatic N) is 3. The Bertz CT molecular complexity index is 1970. The lowest BCUT2D eigenvalue weighted by molar-refractivity contribution is -0.384. The third-order valence-electron chi connectivity index (χ3n) is 8.63. The molecule has 0 unspecified atom stereocenters. The molecule has 0 radical (unpaired) electrons. The number of halogens is 1. The Morgan fingerprint density at radius 1 is 1.00 bits per heavy atom. The van der Waals surface area contributed by atoms with Crippen molar-refractivity contribution < 1.29 is 14.5 Å². The summed E-state index contributed by atoms with van der Waals surface area (Å²) in [6.07, 6.45) is 1.38. The van der Waals surface area contributed by atoms with Crippen LogP contribution in [0.15, 0.2) is 84.9 Å². The maximum atomic E-state index is 14.7. The Morgan fingerprint density at radius 3 is 2.40 bits per heavy atom. The summed E-state index contributed by atoms with van der Waals surface area (Å²) in [5, 5.41) is 12.3. The minimum absolute atomic E-state index is 0.0604. The smallest absolute Gasteiger partial charge is 0.270 e. The number of non-ortho nitro benzene ring substituents is 1. The number of amides is 2. The average molecular weight is 638 g/mol. The van der Waals surface area contributed by atoms with Gasteiger partial charge in [-0.1, -0.05) is 67.1 Å². The second-order valence-electron chi connectivity index (χ2n) is 11.5. The predicted molar refractivity (Wildman–Crippen MR) is 182 cm³/mol. The number of anilines is 2. The first kappa shape index (κ1) is 30.5. The van der Waals surface area contributed by atoms with Crippen molar-refractivity contribution in [1.82, 2.24) is 0 Å². The fourth-order valence-electron chi connectivity index (χ4n) is 6.29. The summed E-state index contributed by atoms with van der Waals surface area (Å²) in [6.45, 7) is 8.06. The van der Waals surface area contributed by atoms with Gasteiger partial charge in [-0.3, -0.25) is 24.6 Å². The Kier molecular flexibility index (Phi) is 8.20. The van der Waals surface area contributed by atoms with Crippen molar-refractivity contribution in [2.45, 2.75) is 52.6 Å². The number of carbonyl (C=O) groups excluding carboxylic acids is 2. The quantitative estimate of drug-likeness (QED) is 0.137. The number of hydrogen-bond acceptors (Lipinski definition) is 5. The number of carbonyl (C=O) groups is 2. The minimum Gasteiger partial charge on any atom is -0.305 e. The van der Waals surface area contributed by atoms with Gasteiger partial charge < -0.3 is 4.90 Å². The van der Waals surface area contributed by atoms with Gasteiger partial charge in [0.2, 0.25) is 0 Å². The molecule has 6 rings (SSSR count). The SMILES string of the molecule is CCc1ccc(C(=O)N2c3c(C)cccc3[C@@H](N(C(=O)c3sc4cc([N+](=O)[O-])ccc4c3Cl)c3ccccc3C)C[C@H]2C)cc1. The molecular weight excluding hydrogens is 606 g/mol. The number of nitro groups is 1. The minimum atomic E-state index is -0.456. The van der Waals surface area contributed by atoms with E-state index in [4.69, 9.17) is 11.6 Å². The largest absolute Gasteiger partial charge is 0.305 e. The number of fused-ring (bicyclic) bond motifs is 2. The summed E-state index contributed by atoms with van der Waals surface area (Å²) in [5.74, 6) is -0.375. The molecule has 1 aliphatic rings. The van der Waals surface area contributed by atoms with Crippen LogP contribution < -0.4 is 9.80 Å². The standard InChI is InChI=1S/C36H32ClN3O4S/c1-5-24-13-15-25(16-14-24)35(41)38-23(4)19-30(27-11-8-10-22(3)33(27)38)39(29-12-7-6-9-21(29)2)36(42)34-32(37)28-18-17-26(40(43)44)20-31(28)45-34/h6-18,20,23,30H,5,19H2,1-4H3/t23-,30+/m1/s1. The number of aryl methyl sites for hydroxylation is 3. The molecule has 2 amide bonds. The highest BCUT2D eigenvalue weighted by Crippen LogP contribution is 2.47. The molecule has 45 heavy (non-hydrogen) atoms. The first-order valence-corrected chi connectivity index (χ1v) is 16.1. The molecule has 0 saturated carbocycles. The highest BCUT2D eigenvalue weighted by molar-refractivity contribution is 7.21. The van der Waals surface area contributed by atoms with Gasteiger partial charge in [0.05, 0.1) is 21.7 Å². The second-order valence-corrected chi connectivity index (χ2v) is 12.9. The molecular formula is C36H32ClN3O4S. The van der Waals surface area contributed by atoms with E-state index in [9.17, 15) is 19.7 Å². The molecule has 2 atom stereocenters. The third-order valence-corrected chi connectivity index (χ3v) is 10.3. The fourth-order valence-corrected chi connectivity index (χ4v) is 7.77. The first-order valence-electron chi connectivity index (χ1n) is 14.9. The van der Waals surface area contributed by atoms with Gasteiger partial charge in [-0.15, -0.1) is 11.3 Å². The van der Waals surface area contributed by atoms with Gasteiger partial charge in [0, 0.05) is 39.5 Å². The molecule has 0 fully saturated rings. The Morgan fingerprint density at radius 2 is 1.71 bits per heavy atom. The molecule has 2 heterocycles. The fraction of sp³-hybridized carbons (Fsp3) is 0.222. The second kappa shape index (κ2) is 12.1. The van der Waals surface area contributed by atoms with Crippen molar-refractivity contribution in [3.63, 3.8) is 0 Å². The number of benzene rings is 4. The van der Waals surface area contributed by atoms with Gasteiger partial charge in [-0.2, -0.15) is 0 Å². The van der Waals surface area contributed by atoms with E-state index < -0.39 is 11.0 Å². The Labute approximate surface area is 270 Å². The van der Waals surface area contributed by atoms with E-state index in [1.54, 1.807) is 11.0 Å². The van der Waals surface area contributed by atoms with Crippen LogP contribution in [0, 0.1) is 24.0 Å². The highest BCUT2D eigenvalue weighted by atomic mass is 35.5. The van der Waals surface area contributed by atoms with Gasteiger partial charge in [0.25, 0.3) is 17.5 Å². The summed E-state index contributed by atoms with van der Waals surface area (Å²) < 4.78 is 0.571. The van der Waals surface area contributed by atoms with Crippen LogP contribution in [0.4, 0.5) is 17.1 Å². The Balaban J connectivity index is 1.50. The number of para-hydroxylation sites is 2. The maximum Gasteiger partial charge on any atom is 0.270 e. The average Bonchev–Trinajstić information content (AvgIpc) is 3.37. The van der Waals surface area contributed by atoms with Crippen molar-refractivity contribution >= 4 is 61.9 Å². The molecule has 0 bridgehead atoms. The molecule has 228 valence electrons. The summed E-state index contributed by atoms with van der Waals surface area (Å²) in [7, 11) is 0. The molecule has 5 aromatic rings. The van der Waals surface area contributed by atoms with Gasteiger partial charge in [0.15, 0.2) is 0 Å². The maximum absolute atomic E-state index is 14.7. The van der Waals surface area contributed by atoms with E-state index in [1.807, 2.05) is 92.4 Å². The van der Waals surface area contributed by atoms with Crippen LogP contribution >= 0.6 is 22.9 Å². The zero-order chi connectivity index (χ0) is 32.0. The normalized spacial score (nSPS) is 16.0. The van der Waals surface area contributed by atoms with E-state index in [2.05, 4.69) is 6.92 Å². The van der Waals surface area contributed by atoms with Crippen molar-refractivity contribution in [3.05, 3.63) is 133 Å². The topological polar surface area (TPSA) is 83.8 Å². The summed E-state index contributed by atoms with van der Waals surface area (Å²) in [5.41, 5.74) is 5.98. The van der Waals surface area contributed by atoms with Crippen LogP contribution in [0.2, 0.25) is 5.02 Å². The zero-order valence-corrected chi connectivity index (χ0v) is 27.0. The van der Waals surface area contributed by atoms with E-state index in [1.165, 1.54) is 12.1 Å². The van der Waals surface area contributed by atoms with Gasteiger partial charge >= 0.3 is 0 Å². The van der Waals surface area contributed by atoms with Crippen LogP contribution in [-0.2, 0) is 6.42 Å². The lowest BCUT2D eigenvalue weighted by Crippen LogP contribution is -2.48. The highest BCUT2D eigenvalue weighted by Gasteiger charge is 2.41. The van der Waals surface area contributed by atoms with Gasteiger partial charge in [-0.25, -0.2) is 0 Å². The van der Waals surface area contributed by atoms with E-state index in [0.717, 1.165) is 51.4 Å². The summed E-state index contributed by atoms with van der Waals surface area (Å²) in [4.78, 5) is 43.8. The molecule has 0 aliphatic carbocycles. The van der Waals surface area contributed by atoms with E-state index in [-0.39, 0.29) is 28.6 Å². The van der Waals surface area contributed by atoms with Crippen molar-refractivity contribution in [3.8, 4) is 0 Å². The first-order chi connectivity index (χ1) is 21.6. The van der Waals surface area contributed by atoms with Crippen LogP contribution in [-0.4, -0.2) is 22.8 Å². The number of nitro benzene ring substituents is 1. The van der Waals surface area contributed by atoms with Crippen molar-refractivity contribution in [1.29, 1.82) is 0 Å². The number of hydrogen-bond donors (Lipinski definition) is 0. The zero-order valence-electron chi connectivity index (χ0n) is 25.4. The van der Waals surface area contributed by atoms with E-state index in [0.29, 0.717) is 26.9 Å². The van der Waals surface area contributed by atoms with Crippen LogP contribution in [0.5, 0.6) is 0 Å². The molecule has 0 saturated heterocycles. The summed E-state index contributed by atoms with van der Waals surface area (Å²) >= 11 is 8.00. The van der Waals surface area contributed by atoms with Crippen LogP contribution in [0.1, 0.15) is 68.6 Å². The third kappa shape index (κ3) is 5.38. The Hall–Kier alpha value is -4.53. The van der Waals surface area contributed by atoms with Crippen molar-refractivity contribution in [2.24, 2.45) is 0 Å². The number of rotatable bonds is 6. The van der Waals surface area contributed by atoms with Crippen LogP contribution in [0.3, 0.4) is 0 Å². The molecule has 7 nitrogen and oxygen atoms in total. The summed E-state index contributed by atoms with van der Waals surface area (Å²) in [6, 6.07) is 25.2. The molecule has 9 heteroatoms. The van der Waals surface area contributed by atoms with Crippen molar-refractivity contribution in [2.75, 3.05) is 9.80 Å². The molecule has 1 aromatic heterocycles. The molecule has 4 aromatic carbocycles. The number of thiophene rings is 1. The van der Waals surface area contributed by atoms with E-state index >= 15 is 0 Å². The molecule has 0 N–H and O–H groups in total. The molecule has 1 aliphatic heterocycles. The lowest BCUT2D eigenvalue weighted by atomic mass is 9.87. The van der Waals surface area contributed by atoms with Gasteiger partial charge in [0.1, 0.15) is 4.88 Å². The van der Waals surface area contributed by atoms with Gasteiger partial charge in [-0.05, 0) is 80.1 Å².